The van der Waals surface area contributed by atoms with Gasteiger partial charge in [-0.1, -0.05) is 24.6 Å². The van der Waals surface area contributed by atoms with E-state index < -0.39 is 0 Å². The molecule has 1 amide bonds. The Morgan fingerprint density at radius 1 is 1.44 bits per heavy atom. The maximum Gasteiger partial charge on any atom is 0.238 e. The van der Waals surface area contributed by atoms with Gasteiger partial charge in [0, 0.05) is 18.3 Å². The summed E-state index contributed by atoms with van der Waals surface area (Å²) in [6.07, 6.45) is 3.71. The van der Waals surface area contributed by atoms with Crippen LogP contribution < -0.4 is 11.1 Å². The van der Waals surface area contributed by atoms with Crippen LogP contribution in [0.1, 0.15) is 24.8 Å². The highest BCUT2D eigenvalue weighted by Crippen LogP contribution is 2.23. The van der Waals surface area contributed by atoms with Crippen molar-refractivity contribution in [2.45, 2.75) is 31.8 Å². The summed E-state index contributed by atoms with van der Waals surface area (Å²) in [4.78, 5) is 14.1. The van der Waals surface area contributed by atoms with Crippen LogP contribution in [0.4, 0.5) is 5.69 Å². The second kappa shape index (κ2) is 5.98. The minimum absolute atomic E-state index is 0.0327. The van der Waals surface area contributed by atoms with E-state index in [0.29, 0.717) is 19.1 Å². The normalized spacial score (nSPS) is 15.5. The number of carbonyl (C=O) groups excluding carboxylic acids is 1. The zero-order valence-corrected chi connectivity index (χ0v) is 10.9. The van der Waals surface area contributed by atoms with E-state index >= 15 is 0 Å². The van der Waals surface area contributed by atoms with Crippen LogP contribution >= 0.6 is 0 Å². The molecule has 0 saturated heterocycles. The van der Waals surface area contributed by atoms with Gasteiger partial charge in [-0.2, -0.15) is 0 Å². The highest BCUT2D eigenvalue weighted by Gasteiger charge is 2.23. The van der Waals surface area contributed by atoms with Crippen LogP contribution in [0.5, 0.6) is 0 Å². The molecule has 1 saturated carbocycles. The number of hydrogen-bond acceptors (Lipinski definition) is 3. The quantitative estimate of drug-likeness (QED) is 0.830. The number of para-hydroxylation sites is 1. The van der Waals surface area contributed by atoms with E-state index in [1.54, 1.807) is 0 Å². The molecule has 0 unspecified atom stereocenters. The molecule has 2 rings (SSSR count). The smallest absolute Gasteiger partial charge is 0.238 e. The average Bonchev–Trinajstić information content (AvgIpc) is 2.27. The average molecular weight is 247 g/mol. The van der Waals surface area contributed by atoms with Crippen molar-refractivity contribution in [3.8, 4) is 0 Å². The topological polar surface area (TPSA) is 58.4 Å². The Morgan fingerprint density at radius 2 is 2.17 bits per heavy atom. The maximum absolute atomic E-state index is 11.9. The van der Waals surface area contributed by atoms with Crippen molar-refractivity contribution in [2.75, 3.05) is 18.9 Å². The monoisotopic (exact) mass is 247 g/mol. The molecule has 0 radical (unpaired) electrons. The van der Waals surface area contributed by atoms with Crippen molar-refractivity contribution >= 4 is 11.6 Å². The molecule has 98 valence electrons. The minimum Gasteiger partial charge on any atom is -0.326 e. The van der Waals surface area contributed by atoms with Gasteiger partial charge in [0.2, 0.25) is 5.91 Å². The molecule has 0 atom stereocenters. The second-order valence-electron chi connectivity index (χ2n) is 4.91. The third-order valence-electron chi connectivity index (χ3n) is 3.60. The number of anilines is 1. The van der Waals surface area contributed by atoms with Crippen LogP contribution in [0.2, 0.25) is 0 Å². The molecule has 0 bridgehead atoms. The lowest BCUT2D eigenvalue weighted by Crippen LogP contribution is -2.41. The van der Waals surface area contributed by atoms with Crippen molar-refractivity contribution in [1.29, 1.82) is 0 Å². The lowest BCUT2D eigenvalue weighted by atomic mass is 9.92. The minimum atomic E-state index is 0.0327. The van der Waals surface area contributed by atoms with E-state index in [1.165, 1.54) is 19.3 Å². The number of benzene rings is 1. The van der Waals surface area contributed by atoms with Gasteiger partial charge >= 0.3 is 0 Å². The molecule has 0 spiro atoms. The summed E-state index contributed by atoms with van der Waals surface area (Å²) in [7, 11) is 2.01. The number of nitrogens with two attached hydrogens (primary N) is 1. The van der Waals surface area contributed by atoms with Crippen LogP contribution in [0.15, 0.2) is 24.3 Å². The number of carbonyl (C=O) groups is 1. The Kier molecular flexibility index (Phi) is 4.33. The van der Waals surface area contributed by atoms with Crippen LogP contribution in [0.3, 0.4) is 0 Å². The first kappa shape index (κ1) is 13.1. The van der Waals surface area contributed by atoms with E-state index in [9.17, 15) is 4.79 Å². The summed E-state index contributed by atoms with van der Waals surface area (Å²) in [6.45, 7) is 0.887. The molecule has 1 aromatic carbocycles. The van der Waals surface area contributed by atoms with Crippen molar-refractivity contribution < 1.29 is 4.79 Å². The van der Waals surface area contributed by atoms with Crippen molar-refractivity contribution in [1.82, 2.24) is 4.90 Å². The fraction of sp³-hybridized carbons (Fsp3) is 0.500. The molecule has 4 heteroatoms. The molecule has 3 N–H and O–H groups in total. The molecule has 0 heterocycles. The summed E-state index contributed by atoms with van der Waals surface area (Å²) < 4.78 is 0. The van der Waals surface area contributed by atoms with Crippen molar-refractivity contribution in [3.63, 3.8) is 0 Å². The number of rotatable bonds is 5. The summed E-state index contributed by atoms with van der Waals surface area (Å²) in [5, 5.41) is 2.93. The predicted octanol–water partition coefficient (Wildman–Crippen LogP) is 1.57. The van der Waals surface area contributed by atoms with E-state index in [4.69, 9.17) is 5.73 Å². The van der Waals surface area contributed by atoms with Gasteiger partial charge < -0.3 is 11.1 Å². The molecule has 18 heavy (non-hydrogen) atoms. The second-order valence-corrected chi connectivity index (χ2v) is 4.91. The molecule has 0 aliphatic heterocycles. The number of hydrogen-bond donors (Lipinski definition) is 2. The number of amides is 1. The zero-order valence-electron chi connectivity index (χ0n) is 10.9. The van der Waals surface area contributed by atoms with E-state index in [1.807, 2.05) is 31.3 Å². The molecule has 1 fully saturated rings. The zero-order chi connectivity index (χ0) is 13.0. The highest BCUT2D eigenvalue weighted by atomic mass is 16.2. The fourth-order valence-corrected chi connectivity index (χ4v) is 2.19. The standard InChI is InChI=1S/C14H21N3O/c1-17(12-6-4-7-12)10-14(18)16-13-8-3-2-5-11(13)9-15/h2-3,5,8,12H,4,6-7,9-10,15H2,1H3,(H,16,18). The maximum atomic E-state index is 11.9. The summed E-state index contributed by atoms with van der Waals surface area (Å²) >= 11 is 0. The van der Waals surface area contributed by atoms with Crippen molar-refractivity contribution in [3.05, 3.63) is 29.8 Å². The summed E-state index contributed by atoms with van der Waals surface area (Å²) in [5.41, 5.74) is 7.44. The lowest BCUT2D eigenvalue weighted by Gasteiger charge is -2.34. The molecular formula is C14H21N3O. The van der Waals surface area contributed by atoms with E-state index in [0.717, 1.165) is 11.3 Å². The number of likely N-dealkylation sites (N-methyl/N-ethyl adjacent to an activating group) is 1. The molecule has 1 aliphatic rings. The van der Waals surface area contributed by atoms with Crippen LogP contribution in [-0.4, -0.2) is 30.4 Å². The van der Waals surface area contributed by atoms with Gasteiger partial charge in [-0.3, -0.25) is 9.69 Å². The van der Waals surface area contributed by atoms with E-state index in [2.05, 4.69) is 10.2 Å². The largest absolute Gasteiger partial charge is 0.326 e. The van der Waals surface area contributed by atoms with Gasteiger partial charge in [0.25, 0.3) is 0 Å². The summed E-state index contributed by atoms with van der Waals surface area (Å²) in [5.74, 6) is 0.0327. The predicted molar refractivity (Wildman–Crippen MR) is 73.2 cm³/mol. The molecule has 4 nitrogen and oxygen atoms in total. The first-order valence-electron chi connectivity index (χ1n) is 6.48. The molecule has 1 aromatic rings. The van der Waals surface area contributed by atoms with Gasteiger partial charge in [-0.25, -0.2) is 0 Å². The highest BCUT2D eigenvalue weighted by molar-refractivity contribution is 5.93. The number of nitrogens with zero attached hydrogens (tertiary/aromatic N) is 1. The number of nitrogens with one attached hydrogen (secondary N) is 1. The van der Waals surface area contributed by atoms with Gasteiger partial charge in [-0.05, 0) is 31.5 Å². The van der Waals surface area contributed by atoms with Crippen molar-refractivity contribution in [2.24, 2.45) is 5.73 Å². The first-order chi connectivity index (χ1) is 8.70. The molecular weight excluding hydrogens is 226 g/mol. The lowest BCUT2D eigenvalue weighted by molar-refractivity contribution is -0.117. The van der Waals surface area contributed by atoms with Gasteiger partial charge in [0.15, 0.2) is 0 Å². The SMILES string of the molecule is CN(CC(=O)Nc1ccccc1CN)C1CCC1. The Labute approximate surface area is 108 Å². The van der Waals surface area contributed by atoms with Crippen LogP contribution in [0.25, 0.3) is 0 Å². The fourth-order valence-electron chi connectivity index (χ4n) is 2.19. The van der Waals surface area contributed by atoms with E-state index in [-0.39, 0.29) is 5.91 Å². The third-order valence-corrected chi connectivity index (χ3v) is 3.60. The molecule has 1 aliphatic carbocycles. The summed E-state index contributed by atoms with van der Waals surface area (Å²) in [6, 6.07) is 8.25. The van der Waals surface area contributed by atoms with Crippen LogP contribution in [-0.2, 0) is 11.3 Å². The van der Waals surface area contributed by atoms with Gasteiger partial charge in [0.1, 0.15) is 0 Å². The Balaban J connectivity index is 1.90. The Hall–Kier alpha value is -1.39. The Morgan fingerprint density at radius 3 is 2.78 bits per heavy atom. The molecule has 0 aromatic heterocycles. The third kappa shape index (κ3) is 3.09. The van der Waals surface area contributed by atoms with Crippen LogP contribution in [0, 0.1) is 0 Å². The Bertz CT molecular complexity index is 415. The van der Waals surface area contributed by atoms with Gasteiger partial charge in [-0.15, -0.1) is 0 Å². The first-order valence-corrected chi connectivity index (χ1v) is 6.48. The van der Waals surface area contributed by atoms with Gasteiger partial charge in [0.05, 0.1) is 6.54 Å².